The van der Waals surface area contributed by atoms with E-state index >= 15 is 0 Å². The molecule has 100 valence electrons. The van der Waals surface area contributed by atoms with Gasteiger partial charge in [-0.15, -0.1) is 0 Å². The first-order chi connectivity index (χ1) is 8.78. The lowest BCUT2D eigenvalue weighted by Gasteiger charge is -2.21. The lowest BCUT2D eigenvalue weighted by molar-refractivity contribution is 0.470. The van der Waals surface area contributed by atoms with Gasteiger partial charge in [0.1, 0.15) is 5.82 Å². The van der Waals surface area contributed by atoms with Gasteiger partial charge in [0.15, 0.2) is 0 Å². The molecular formula is C13H23N5. The van der Waals surface area contributed by atoms with Crippen molar-refractivity contribution in [2.24, 2.45) is 5.84 Å². The monoisotopic (exact) mass is 249 g/mol. The average molecular weight is 249 g/mol. The number of nitrogen functional groups attached to an aromatic ring is 1. The van der Waals surface area contributed by atoms with Crippen molar-refractivity contribution < 1.29 is 0 Å². The van der Waals surface area contributed by atoms with Crippen LogP contribution in [0, 0.1) is 6.92 Å². The van der Waals surface area contributed by atoms with E-state index in [0.29, 0.717) is 12.0 Å². The predicted molar refractivity (Wildman–Crippen MR) is 74.3 cm³/mol. The van der Waals surface area contributed by atoms with Gasteiger partial charge in [-0.25, -0.2) is 10.8 Å². The van der Waals surface area contributed by atoms with E-state index in [4.69, 9.17) is 5.84 Å². The minimum Gasteiger partial charge on any atom is -0.367 e. The Balaban J connectivity index is 2.00. The maximum atomic E-state index is 5.36. The average Bonchev–Trinajstić information content (AvgIpc) is 2.31. The Bertz CT molecular complexity index is 372. The van der Waals surface area contributed by atoms with Gasteiger partial charge < -0.3 is 5.32 Å². The van der Waals surface area contributed by atoms with Gasteiger partial charge in [0, 0.05) is 17.8 Å². The molecule has 1 fully saturated rings. The molecule has 0 aromatic carbocycles. The maximum absolute atomic E-state index is 5.36. The number of anilines is 2. The molecule has 1 saturated carbocycles. The Morgan fingerprint density at radius 3 is 2.44 bits per heavy atom. The van der Waals surface area contributed by atoms with Gasteiger partial charge >= 0.3 is 0 Å². The quantitative estimate of drug-likeness (QED) is 0.567. The molecule has 0 amide bonds. The van der Waals surface area contributed by atoms with Gasteiger partial charge in [0.2, 0.25) is 5.95 Å². The van der Waals surface area contributed by atoms with Crippen LogP contribution in [0.3, 0.4) is 0 Å². The van der Waals surface area contributed by atoms with Crippen molar-refractivity contribution in [3.05, 3.63) is 11.8 Å². The summed E-state index contributed by atoms with van der Waals surface area (Å²) in [6.07, 6.45) is 9.18. The Hall–Kier alpha value is -1.36. The number of nitrogens with zero attached hydrogens (tertiary/aromatic N) is 2. The lowest BCUT2D eigenvalue weighted by atomic mass is 9.97. The number of hydrazine groups is 1. The normalized spacial score (nSPS) is 17.9. The molecule has 5 nitrogen and oxygen atoms in total. The SMILES string of the molecule is Cc1cc(NC2CCCCCCC2)nc(NN)n1. The van der Waals surface area contributed by atoms with Crippen LogP contribution in [-0.4, -0.2) is 16.0 Å². The fourth-order valence-corrected chi connectivity index (χ4v) is 2.52. The third-order valence-electron chi connectivity index (χ3n) is 3.44. The molecule has 0 spiro atoms. The van der Waals surface area contributed by atoms with Crippen LogP contribution >= 0.6 is 0 Å². The lowest BCUT2D eigenvalue weighted by Crippen LogP contribution is -2.22. The van der Waals surface area contributed by atoms with E-state index < -0.39 is 0 Å². The number of hydrogen-bond donors (Lipinski definition) is 3. The molecule has 1 heterocycles. The van der Waals surface area contributed by atoms with Crippen molar-refractivity contribution in [2.45, 2.75) is 57.9 Å². The fraction of sp³-hybridized carbons (Fsp3) is 0.692. The van der Waals surface area contributed by atoms with Crippen molar-refractivity contribution in [3.63, 3.8) is 0 Å². The smallest absolute Gasteiger partial charge is 0.239 e. The van der Waals surface area contributed by atoms with Crippen LogP contribution in [0.2, 0.25) is 0 Å². The van der Waals surface area contributed by atoms with Crippen LogP contribution in [0.15, 0.2) is 6.07 Å². The minimum atomic E-state index is 0.475. The van der Waals surface area contributed by atoms with Gasteiger partial charge in [0.05, 0.1) is 0 Å². The summed E-state index contributed by atoms with van der Waals surface area (Å²) in [5.41, 5.74) is 3.43. The van der Waals surface area contributed by atoms with Crippen LogP contribution < -0.4 is 16.6 Å². The highest BCUT2D eigenvalue weighted by Gasteiger charge is 2.12. The molecule has 0 aliphatic heterocycles. The molecule has 1 aromatic heterocycles. The van der Waals surface area contributed by atoms with Gasteiger partial charge in [-0.2, -0.15) is 4.98 Å². The second-order valence-electron chi connectivity index (χ2n) is 5.05. The molecule has 5 heteroatoms. The molecule has 4 N–H and O–H groups in total. The first-order valence-corrected chi connectivity index (χ1v) is 6.87. The zero-order valence-electron chi connectivity index (χ0n) is 11.1. The summed E-state index contributed by atoms with van der Waals surface area (Å²) in [4.78, 5) is 8.53. The van der Waals surface area contributed by atoms with Crippen molar-refractivity contribution in [1.29, 1.82) is 0 Å². The fourth-order valence-electron chi connectivity index (χ4n) is 2.52. The Morgan fingerprint density at radius 1 is 1.11 bits per heavy atom. The van der Waals surface area contributed by atoms with E-state index in [1.807, 2.05) is 13.0 Å². The number of rotatable bonds is 3. The molecule has 2 rings (SSSR count). The van der Waals surface area contributed by atoms with Crippen LogP contribution in [0.25, 0.3) is 0 Å². The van der Waals surface area contributed by atoms with E-state index in [9.17, 15) is 0 Å². The summed E-state index contributed by atoms with van der Waals surface area (Å²) in [5, 5.41) is 3.52. The van der Waals surface area contributed by atoms with E-state index in [2.05, 4.69) is 20.7 Å². The van der Waals surface area contributed by atoms with Crippen molar-refractivity contribution >= 4 is 11.8 Å². The van der Waals surface area contributed by atoms with Crippen LogP contribution in [0.4, 0.5) is 11.8 Å². The molecule has 1 aliphatic carbocycles. The van der Waals surface area contributed by atoms with E-state index in [1.165, 1.54) is 44.9 Å². The highest BCUT2D eigenvalue weighted by Crippen LogP contribution is 2.20. The summed E-state index contributed by atoms with van der Waals surface area (Å²) in [6.45, 7) is 1.95. The first-order valence-electron chi connectivity index (χ1n) is 6.87. The number of aromatic nitrogens is 2. The standard InChI is InChI=1S/C13H23N5/c1-10-9-12(17-13(15-10)18-14)16-11-7-5-3-2-4-6-8-11/h9,11H,2-8,14H2,1H3,(H2,15,16,17,18). The van der Waals surface area contributed by atoms with E-state index in [1.54, 1.807) is 0 Å². The summed E-state index contributed by atoms with van der Waals surface area (Å²) in [7, 11) is 0. The molecule has 0 radical (unpaired) electrons. The van der Waals surface area contributed by atoms with Gasteiger partial charge in [0.25, 0.3) is 0 Å². The summed E-state index contributed by atoms with van der Waals surface area (Å²) < 4.78 is 0. The van der Waals surface area contributed by atoms with Crippen LogP contribution in [0.1, 0.15) is 50.6 Å². The van der Waals surface area contributed by atoms with Crippen LogP contribution in [-0.2, 0) is 0 Å². The third kappa shape index (κ3) is 3.84. The molecule has 1 aromatic rings. The Morgan fingerprint density at radius 2 is 1.78 bits per heavy atom. The third-order valence-corrected chi connectivity index (χ3v) is 3.44. The molecule has 0 saturated heterocycles. The summed E-state index contributed by atoms with van der Waals surface area (Å²) in [6, 6.07) is 2.50. The minimum absolute atomic E-state index is 0.475. The summed E-state index contributed by atoms with van der Waals surface area (Å²) in [5.74, 6) is 6.71. The number of hydrogen-bond acceptors (Lipinski definition) is 5. The molecule has 0 bridgehead atoms. The van der Waals surface area contributed by atoms with Crippen molar-refractivity contribution in [1.82, 2.24) is 9.97 Å². The Labute approximate surface area is 109 Å². The van der Waals surface area contributed by atoms with Crippen molar-refractivity contribution in [2.75, 3.05) is 10.7 Å². The first kappa shape index (κ1) is 13.1. The van der Waals surface area contributed by atoms with Gasteiger partial charge in [-0.1, -0.05) is 32.1 Å². The van der Waals surface area contributed by atoms with Gasteiger partial charge in [-0.05, 0) is 19.8 Å². The number of aryl methyl sites for hydroxylation is 1. The topological polar surface area (TPSA) is 75.9 Å². The van der Waals surface area contributed by atoms with E-state index in [0.717, 1.165) is 11.5 Å². The molecule has 0 atom stereocenters. The highest BCUT2D eigenvalue weighted by atomic mass is 15.3. The second kappa shape index (κ2) is 6.54. The molecule has 18 heavy (non-hydrogen) atoms. The molecule has 0 unspecified atom stereocenters. The number of nitrogens with two attached hydrogens (primary N) is 1. The van der Waals surface area contributed by atoms with E-state index in [-0.39, 0.29) is 0 Å². The predicted octanol–water partition coefficient (Wildman–Crippen LogP) is 2.60. The maximum Gasteiger partial charge on any atom is 0.239 e. The number of nitrogens with one attached hydrogen (secondary N) is 2. The van der Waals surface area contributed by atoms with Gasteiger partial charge in [-0.3, -0.25) is 5.43 Å². The zero-order valence-corrected chi connectivity index (χ0v) is 11.1. The second-order valence-corrected chi connectivity index (χ2v) is 5.05. The molecular weight excluding hydrogens is 226 g/mol. The largest absolute Gasteiger partial charge is 0.367 e. The highest BCUT2D eigenvalue weighted by molar-refractivity contribution is 5.42. The molecule has 1 aliphatic rings. The van der Waals surface area contributed by atoms with Crippen molar-refractivity contribution in [3.8, 4) is 0 Å². The zero-order chi connectivity index (χ0) is 12.8. The van der Waals surface area contributed by atoms with Crippen LogP contribution in [0.5, 0.6) is 0 Å². The Kier molecular flexibility index (Phi) is 4.75. The summed E-state index contributed by atoms with van der Waals surface area (Å²) >= 11 is 0.